The third-order valence-electron chi connectivity index (χ3n) is 5.19. The van der Waals surface area contributed by atoms with Gasteiger partial charge >= 0.3 is 5.97 Å². The van der Waals surface area contributed by atoms with Crippen molar-refractivity contribution in [3.8, 4) is 16.9 Å². The smallest absolute Gasteiger partial charge is 0.317 e. The van der Waals surface area contributed by atoms with Crippen LogP contribution in [-0.2, 0) is 11.3 Å². The zero-order valence-corrected chi connectivity index (χ0v) is 20.3. The van der Waals surface area contributed by atoms with Crippen molar-refractivity contribution in [2.45, 2.75) is 23.1 Å². The Morgan fingerprint density at radius 3 is 2.47 bits per heavy atom. The summed E-state index contributed by atoms with van der Waals surface area (Å²) in [4.78, 5) is 25.5. The molecule has 0 saturated carbocycles. The molecule has 0 aliphatic rings. The number of hydrogen-bond acceptors (Lipinski definition) is 6. The first kappa shape index (κ1) is 24.1. The number of benzene rings is 3. The van der Waals surface area contributed by atoms with Crippen molar-refractivity contribution in [2.24, 2.45) is 0 Å². The largest absolute Gasteiger partial charge is 0.497 e. The molecule has 0 bridgehead atoms. The Morgan fingerprint density at radius 1 is 1.06 bits per heavy atom. The van der Waals surface area contributed by atoms with Gasteiger partial charge < -0.3 is 9.84 Å². The molecule has 4 aromatic rings. The van der Waals surface area contributed by atoms with E-state index in [1.807, 2.05) is 30.3 Å². The number of carboxylic acid groups (broad SMARTS) is 1. The number of aryl methyl sites for hydroxylation is 1. The summed E-state index contributed by atoms with van der Waals surface area (Å²) in [5.41, 5.74) is 1.95. The van der Waals surface area contributed by atoms with Gasteiger partial charge in [0, 0.05) is 11.4 Å². The van der Waals surface area contributed by atoms with E-state index in [1.54, 1.807) is 30.3 Å². The van der Waals surface area contributed by atoms with Crippen molar-refractivity contribution in [1.29, 1.82) is 0 Å². The summed E-state index contributed by atoms with van der Waals surface area (Å²) in [7, 11) is 1.51. The molecule has 3 aromatic carbocycles. The van der Waals surface area contributed by atoms with Gasteiger partial charge in [-0.2, -0.15) is 0 Å². The molecule has 174 valence electrons. The van der Waals surface area contributed by atoms with Crippen LogP contribution in [0.15, 0.2) is 70.4 Å². The highest BCUT2D eigenvalue weighted by Gasteiger charge is 2.20. The fraction of sp³-hybridized carbons (Fsp3) is 0.167. The van der Waals surface area contributed by atoms with Crippen molar-refractivity contribution in [1.82, 2.24) is 15.0 Å². The summed E-state index contributed by atoms with van der Waals surface area (Å²) in [6.07, 6.45) is 0.193. The number of carboxylic acids is 1. The molecule has 1 N–H and O–H groups in total. The van der Waals surface area contributed by atoms with Crippen LogP contribution >= 0.6 is 35.0 Å². The maximum atomic E-state index is 12.8. The molecule has 0 spiro atoms. The summed E-state index contributed by atoms with van der Waals surface area (Å²) in [6, 6.07) is 17.8. The van der Waals surface area contributed by atoms with Gasteiger partial charge in [0.1, 0.15) is 16.5 Å². The number of carbonyl (C=O) groups is 1. The third-order valence-corrected chi connectivity index (χ3v) is 7.20. The lowest BCUT2D eigenvalue weighted by atomic mass is 10.1. The van der Waals surface area contributed by atoms with E-state index in [2.05, 4.69) is 10.3 Å². The van der Waals surface area contributed by atoms with Crippen LogP contribution in [0.3, 0.4) is 0 Å². The minimum absolute atomic E-state index is 0.115. The second-order valence-electron chi connectivity index (χ2n) is 7.39. The molecule has 0 radical (unpaired) electrons. The van der Waals surface area contributed by atoms with Gasteiger partial charge in [0.2, 0.25) is 0 Å². The molecule has 0 fully saturated rings. The van der Waals surface area contributed by atoms with Crippen molar-refractivity contribution in [2.75, 3.05) is 7.11 Å². The summed E-state index contributed by atoms with van der Waals surface area (Å²) < 4.78 is 6.36. The van der Waals surface area contributed by atoms with E-state index >= 15 is 0 Å². The van der Waals surface area contributed by atoms with Crippen LogP contribution < -0.4 is 10.3 Å². The molecular weight excluding hydrogens is 497 g/mol. The molecule has 1 heterocycles. The number of ether oxygens (including phenoxy) is 1. The fourth-order valence-corrected chi connectivity index (χ4v) is 4.61. The van der Waals surface area contributed by atoms with E-state index in [1.165, 1.54) is 23.6 Å². The van der Waals surface area contributed by atoms with Crippen molar-refractivity contribution < 1.29 is 14.6 Å². The summed E-state index contributed by atoms with van der Waals surface area (Å²) >= 11 is 13.3. The number of halogens is 2. The Kier molecular flexibility index (Phi) is 7.41. The fourth-order valence-electron chi connectivity index (χ4n) is 3.37. The average Bonchev–Trinajstić information content (AvgIpc) is 2.84. The molecule has 0 aliphatic carbocycles. The van der Waals surface area contributed by atoms with Crippen molar-refractivity contribution in [3.63, 3.8) is 0 Å². The Hall–Kier alpha value is -3.07. The number of hydrogen-bond donors (Lipinski definition) is 1. The van der Waals surface area contributed by atoms with Gasteiger partial charge in [-0.3, -0.25) is 9.59 Å². The maximum Gasteiger partial charge on any atom is 0.317 e. The molecule has 1 aromatic heterocycles. The number of methoxy groups -OCH3 is 1. The van der Waals surface area contributed by atoms with E-state index in [4.69, 9.17) is 27.9 Å². The van der Waals surface area contributed by atoms with Gasteiger partial charge in [0.25, 0.3) is 5.56 Å². The van der Waals surface area contributed by atoms with Crippen molar-refractivity contribution in [3.05, 3.63) is 81.1 Å². The molecule has 4 rings (SSSR count). The highest BCUT2D eigenvalue weighted by Crippen LogP contribution is 2.31. The van der Waals surface area contributed by atoms with Crippen LogP contribution in [0.2, 0.25) is 10.0 Å². The second-order valence-corrected chi connectivity index (χ2v) is 9.48. The van der Waals surface area contributed by atoms with Gasteiger partial charge in [0.15, 0.2) is 0 Å². The third kappa shape index (κ3) is 5.35. The molecule has 1 atom stereocenters. The van der Waals surface area contributed by atoms with Crippen LogP contribution in [0.1, 0.15) is 6.42 Å². The monoisotopic (exact) mass is 515 g/mol. The van der Waals surface area contributed by atoms with Crippen LogP contribution in [0, 0.1) is 0 Å². The van der Waals surface area contributed by atoms with Crippen LogP contribution in [0.25, 0.3) is 22.0 Å². The van der Waals surface area contributed by atoms with Gasteiger partial charge in [-0.25, -0.2) is 4.68 Å². The number of aliphatic carboxylic acids is 1. The average molecular weight is 516 g/mol. The standard InChI is InChI=1S/C24H19Cl2N3O4S/c1-33-16-5-9-21-18(13-16)23(30)29(28-27-21)11-10-22(24(31)32)34-17-6-2-14(3-7-17)15-4-8-19(25)20(26)12-15/h2-9,12-13,22H,10-11H2,1H3,(H,31,32). The van der Waals surface area contributed by atoms with Gasteiger partial charge in [-0.1, -0.05) is 46.6 Å². The number of fused-ring (bicyclic) bond motifs is 1. The first-order valence-corrected chi connectivity index (χ1v) is 11.9. The number of rotatable bonds is 8. The van der Waals surface area contributed by atoms with E-state index in [0.29, 0.717) is 26.7 Å². The van der Waals surface area contributed by atoms with E-state index < -0.39 is 11.2 Å². The maximum absolute atomic E-state index is 12.8. The topological polar surface area (TPSA) is 94.3 Å². The molecule has 10 heteroatoms. The highest BCUT2D eigenvalue weighted by atomic mass is 35.5. The lowest BCUT2D eigenvalue weighted by Crippen LogP contribution is -2.27. The highest BCUT2D eigenvalue weighted by molar-refractivity contribution is 8.00. The molecule has 0 saturated heterocycles. The SMILES string of the molecule is COc1ccc2nnn(CCC(Sc3ccc(-c4ccc(Cl)c(Cl)c4)cc3)C(=O)O)c(=O)c2c1. The zero-order valence-electron chi connectivity index (χ0n) is 17.9. The first-order chi connectivity index (χ1) is 16.4. The number of aromatic nitrogens is 3. The van der Waals surface area contributed by atoms with Crippen molar-refractivity contribution >= 4 is 51.8 Å². The molecule has 1 unspecified atom stereocenters. The molecule has 0 aliphatic heterocycles. The van der Waals surface area contributed by atoms with E-state index in [-0.39, 0.29) is 18.5 Å². The Labute approximate surface area is 209 Å². The minimum atomic E-state index is -0.970. The van der Waals surface area contributed by atoms with Gasteiger partial charge in [0.05, 0.1) is 22.5 Å². The molecule has 34 heavy (non-hydrogen) atoms. The van der Waals surface area contributed by atoms with Crippen LogP contribution in [-0.4, -0.2) is 38.4 Å². The Balaban J connectivity index is 1.48. The van der Waals surface area contributed by atoms with Gasteiger partial charge in [-0.15, -0.1) is 16.9 Å². The Morgan fingerprint density at radius 2 is 1.79 bits per heavy atom. The predicted octanol–water partition coefficient (Wildman–Crippen LogP) is 5.41. The predicted molar refractivity (Wildman–Crippen MR) is 134 cm³/mol. The number of nitrogens with zero attached hydrogens (tertiary/aromatic N) is 3. The molecule has 7 nitrogen and oxygen atoms in total. The first-order valence-electron chi connectivity index (χ1n) is 10.2. The summed E-state index contributed by atoms with van der Waals surface area (Å²) in [6.45, 7) is 0.115. The lowest BCUT2D eigenvalue weighted by Gasteiger charge is -2.13. The van der Waals surface area contributed by atoms with E-state index in [9.17, 15) is 14.7 Å². The van der Waals surface area contributed by atoms with Crippen LogP contribution in [0.4, 0.5) is 0 Å². The zero-order chi connectivity index (χ0) is 24.2. The number of thioether (sulfide) groups is 1. The Bertz CT molecular complexity index is 1410. The molecular formula is C24H19Cl2N3O4S. The summed E-state index contributed by atoms with van der Waals surface area (Å²) in [5.74, 6) is -0.436. The van der Waals surface area contributed by atoms with Crippen LogP contribution in [0.5, 0.6) is 5.75 Å². The lowest BCUT2D eigenvalue weighted by molar-refractivity contribution is -0.136. The normalized spacial score (nSPS) is 12.0. The second kappa shape index (κ2) is 10.5. The van der Waals surface area contributed by atoms with Gasteiger partial charge in [-0.05, 0) is 60.0 Å². The molecule has 0 amide bonds. The van der Waals surface area contributed by atoms with E-state index in [0.717, 1.165) is 16.0 Å². The minimum Gasteiger partial charge on any atom is -0.497 e. The quantitative estimate of drug-likeness (QED) is 0.313. The summed E-state index contributed by atoms with van der Waals surface area (Å²) in [5, 5.41) is 18.3.